The largest absolute Gasteiger partial charge is 0.493 e. The molecule has 2 aromatic carbocycles. The van der Waals surface area contributed by atoms with Gasteiger partial charge in [-0.3, -0.25) is 15.1 Å². The second-order valence-electron chi connectivity index (χ2n) is 14.4. The number of benzene rings is 2. The number of carbonyl (C=O) groups excluding carboxylic acids is 3. The minimum Gasteiger partial charge on any atom is -0.493 e. The van der Waals surface area contributed by atoms with Gasteiger partial charge in [0, 0.05) is 67.0 Å². The number of piperidine rings is 2. The van der Waals surface area contributed by atoms with Gasteiger partial charge in [-0.05, 0) is 64.5 Å². The highest BCUT2D eigenvalue weighted by Gasteiger charge is 2.32. The normalized spacial score (nSPS) is 18.1. The molecule has 324 valence electrons. The number of nitrogens with one attached hydrogen (secondary N) is 1. The van der Waals surface area contributed by atoms with Crippen molar-refractivity contribution in [3.8, 4) is 23.0 Å². The molecule has 0 spiro atoms. The van der Waals surface area contributed by atoms with Crippen molar-refractivity contribution in [2.45, 2.75) is 103 Å². The highest BCUT2D eigenvalue weighted by molar-refractivity contribution is 5.86. The summed E-state index contributed by atoms with van der Waals surface area (Å²) in [5, 5.41) is 44.0. The lowest BCUT2D eigenvalue weighted by Gasteiger charge is -2.38. The SMILES string of the molecule is C=CCOC(=O)Nc1cc(OCCCC(C)=O)c(OC)cc1C(O)N1CCCC[C@H]1CO.COc1cc(C(O)N2CCCC[C@H]2CO)c(N)cc1OCCCC(C)=O. The Hall–Kier alpha value is -4.45. The Kier molecular flexibility index (Phi) is 20.8. The van der Waals surface area contributed by atoms with E-state index in [4.69, 9.17) is 29.4 Å². The molecular formula is C42H64N4O12. The molecule has 58 heavy (non-hydrogen) atoms. The number of anilines is 2. The van der Waals surface area contributed by atoms with Crippen LogP contribution >= 0.6 is 0 Å². The second-order valence-corrected chi connectivity index (χ2v) is 14.4. The average molecular weight is 817 g/mol. The molecule has 16 nitrogen and oxygen atoms in total. The number of rotatable bonds is 21. The molecule has 2 aliphatic rings. The molecule has 2 aliphatic heterocycles. The molecule has 16 heteroatoms. The van der Waals surface area contributed by atoms with Crippen LogP contribution in [0.25, 0.3) is 0 Å². The molecule has 2 fully saturated rings. The summed E-state index contributed by atoms with van der Waals surface area (Å²) in [7, 11) is 3.01. The van der Waals surface area contributed by atoms with Crippen LogP contribution in [-0.4, -0.2) is 120 Å². The van der Waals surface area contributed by atoms with E-state index in [1.54, 1.807) is 31.2 Å². The van der Waals surface area contributed by atoms with Gasteiger partial charge in [-0.25, -0.2) is 4.79 Å². The maximum atomic E-state index is 12.2. The molecule has 7 N–H and O–H groups in total. The zero-order valence-corrected chi connectivity index (χ0v) is 34.5. The van der Waals surface area contributed by atoms with E-state index in [-0.39, 0.29) is 50.1 Å². The Bertz CT molecular complexity index is 1620. The summed E-state index contributed by atoms with van der Waals surface area (Å²) in [6.07, 6.45) is 6.29. The molecule has 2 saturated heterocycles. The highest BCUT2D eigenvalue weighted by atomic mass is 16.5. The van der Waals surface area contributed by atoms with E-state index in [0.29, 0.717) is 90.9 Å². The lowest BCUT2D eigenvalue weighted by atomic mass is 10.00. The van der Waals surface area contributed by atoms with E-state index in [0.717, 1.165) is 38.5 Å². The number of hydrogen-bond donors (Lipinski definition) is 6. The summed E-state index contributed by atoms with van der Waals surface area (Å²) in [5.41, 5.74) is 7.80. The number of methoxy groups -OCH3 is 2. The zero-order chi connectivity index (χ0) is 42.6. The predicted molar refractivity (Wildman–Crippen MR) is 219 cm³/mol. The van der Waals surface area contributed by atoms with Crippen LogP contribution in [0.4, 0.5) is 16.2 Å². The Morgan fingerprint density at radius 1 is 0.793 bits per heavy atom. The zero-order valence-electron chi connectivity index (χ0n) is 34.5. The molecule has 2 unspecified atom stereocenters. The van der Waals surface area contributed by atoms with Crippen molar-refractivity contribution < 1.29 is 58.5 Å². The van der Waals surface area contributed by atoms with E-state index in [2.05, 4.69) is 11.9 Å². The van der Waals surface area contributed by atoms with Crippen molar-refractivity contribution in [2.24, 2.45) is 0 Å². The first kappa shape index (κ1) is 47.9. The topological polar surface area (TPSA) is 223 Å². The molecule has 0 saturated carbocycles. The summed E-state index contributed by atoms with van der Waals surface area (Å²) in [6, 6.07) is 6.24. The first-order chi connectivity index (χ1) is 27.9. The van der Waals surface area contributed by atoms with Crippen LogP contribution in [0.15, 0.2) is 36.9 Å². The molecular weight excluding hydrogens is 752 g/mol. The number of nitrogen functional groups attached to an aromatic ring is 1. The number of likely N-dealkylation sites (tertiary alicyclic amines) is 2. The number of nitrogens with zero attached hydrogens (tertiary/aromatic N) is 2. The van der Waals surface area contributed by atoms with Crippen molar-refractivity contribution in [1.82, 2.24) is 9.80 Å². The van der Waals surface area contributed by atoms with E-state index in [9.17, 15) is 34.8 Å². The lowest BCUT2D eigenvalue weighted by molar-refractivity contribution is -0.118. The van der Waals surface area contributed by atoms with E-state index < -0.39 is 18.5 Å². The van der Waals surface area contributed by atoms with Crippen LogP contribution in [0, 0.1) is 0 Å². The van der Waals surface area contributed by atoms with Gasteiger partial charge in [0.2, 0.25) is 0 Å². The van der Waals surface area contributed by atoms with Crippen LogP contribution in [0.5, 0.6) is 23.0 Å². The molecule has 0 bridgehead atoms. The molecule has 0 radical (unpaired) electrons. The lowest BCUT2D eigenvalue weighted by Crippen LogP contribution is -2.44. The smallest absolute Gasteiger partial charge is 0.411 e. The van der Waals surface area contributed by atoms with Gasteiger partial charge in [0.1, 0.15) is 30.6 Å². The van der Waals surface area contributed by atoms with Crippen LogP contribution in [-0.2, 0) is 14.3 Å². The first-order valence-electron chi connectivity index (χ1n) is 20.0. The Morgan fingerprint density at radius 3 is 1.74 bits per heavy atom. The number of nitrogens with two attached hydrogens (primary N) is 1. The number of hydrogen-bond acceptors (Lipinski definition) is 15. The van der Waals surface area contributed by atoms with Gasteiger partial charge in [0.05, 0.1) is 46.3 Å². The number of ether oxygens (including phenoxy) is 5. The van der Waals surface area contributed by atoms with E-state index in [1.807, 2.05) is 9.80 Å². The summed E-state index contributed by atoms with van der Waals surface area (Å²) in [5.74, 6) is 1.91. The van der Waals surface area contributed by atoms with Crippen molar-refractivity contribution in [3.63, 3.8) is 0 Å². The van der Waals surface area contributed by atoms with Crippen molar-refractivity contribution >= 4 is 29.0 Å². The molecule has 1 amide bonds. The first-order valence-corrected chi connectivity index (χ1v) is 20.0. The minimum atomic E-state index is -1.08. The van der Waals surface area contributed by atoms with Gasteiger partial charge < -0.3 is 59.4 Å². The van der Waals surface area contributed by atoms with Gasteiger partial charge in [-0.15, -0.1) is 0 Å². The quantitative estimate of drug-likeness (QED) is 0.0562. The van der Waals surface area contributed by atoms with E-state index in [1.165, 1.54) is 27.2 Å². The molecule has 4 rings (SSSR count). The number of amides is 1. The highest BCUT2D eigenvalue weighted by Crippen LogP contribution is 2.40. The summed E-state index contributed by atoms with van der Waals surface area (Å²) in [4.78, 5) is 38.1. The maximum Gasteiger partial charge on any atom is 0.411 e. The third-order valence-corrected chi connectivity index (χ3v) is 10.1. The van der Waals surface area contributed by atoms with Crippen LogP contribution in [0.2, 0.25) is 0 Å². The molecule has 0 aliphatic carbocycles. The number of carbonyl (C=O) groups is 3. The Balaban J connectivity index is 0.000000317. The average Bonchev–Trinajstić information content (AvgIpc) is 3.22. The Morgan fingerprint density at radius 2 is 1.28 bits per heavy atom. The van der Waals surface area contributed by atoms with Crippen LogP contribution < -0.4 is 30.0 Å². The fourth-order valence-corrected chi connectivity index (χ4v) is 6.98. The summed E-state index contributed by atoms with van der Waals surface area (Å²) < 4.78 is 27.3. The third kappa shape index (κ3) is 14.4. The van der Waals surface area contributed by atoms with Crippen molar-refractivity contribution in [1.29, 1.82) is 0 Å². The van der Waals surface area contributed by atoms with Gasteiger partial charge in [-0.2, -0.15) is 0 Å². The van der Waals surface area contributed by atoms with Crippen molar-refractivity contribution in [2.75, 3.05) is 71.4 Å². The number of aliphatic hydroxyl groups excluding tert-OH is 4. The molecule has 2 aromatic rings. The Labute approximate surface area is 341 Å². The van der Waals surface area contributed by atoms with Crippen LogP contribution in [0.3, 0.4) is 0 Å². The predicted octanol–water partition coefficient (Wildman–Crippen LogP) is 4.88. The fraction of sp³-hybridized carbons (Fsp3) is 0.595. The minimum absolute atomic E-state index is 0.00540. The summed E-state index contributed by atoms with van der Waals surface area (Å²) >= 11 is 0. The molecule has 0 aromatic heterocycles. The van der Waals surface area contributed by atoms with Crippen LogP contribution in [0.1, 0.15) is 102 Å². The monoisotopic (exact) mass is 816 g/mol. The summed E-state index contributed by atoms with van der Waals surface area (Å²) in [6.45, 7) is 8.55. The van der Waals surface area contributed by atoms with Gasteiger partial charge >= 0.3 is 6.09 Å². The van der Waals surface area contributed by atoms with Gasteiger partial charge in [0.15, 0.2) is 23.0 Å². The number of aliphatic hydroxyl groups is 4. The van der Waals surface area contributed by atoms with Gasteiger partial charge in [0.25, 0.3) is 0 Å². The van der Waals surface area contributed by atoms with Crippen molar-refractivity contribution in [3.05, 3.63) is 48.0 Å². The fourth-order valence-electron chi connectivity index (χ4n) is 6.98. The number of ketones is 2. The van der Waals surface area contributed by atoms with Gasteiger partial charge in [-0.1, -0.05) is 25.5 Å². The standard InChI is InChI=1S/C23H34N2O7.C19H30N2O5/c1-4-11-32-23(29)24-19-14-21(31-12-7-8-16(2)27)20(30-3)13-18(19)22(28)25-10-6-5-9-17(25)15-26;1-13(23)6-5-9-26-18-11-16(20)15(10-17(18)25-2)19(24)21-8-4-3-7-14(21)12-22/h4,13-14,17,22,26,28H,1,5-12,15H2,2-3H3,(H,24,29);10-11,14,19,22,24H,3-9,12,20H2,1-2H3/t17-,22?;14-,19?/m00/s1. The van der Waals surface area contributed by atoms with E-state index >= 15 is 0 Å². The maximum absolute atomic E-state index is 12.2. The molecule has 4 atom stereocenters. The second kappa shape index (κ2) is 25.1. The number of Topliss-reactive ketones (excluding diaryl/α,β-unsaturated/α-hetero) is 2. The third-order valence-electron chi connectivity index (χ3n) is 10.1. The molecule has 2 heterocycles.